The van der Waals surface area contributed by atoms with Gasteiger partial charge in [0.25, 0.3) is 10.2 Å². The van der Waals surface area contributed by atoms with E-state index in [0.717, 1.165) is 38.8 Å². The van der Waals surface area contributed by atoms with Crippen molar-refractivity contribution in [3.8, 4) is 0 Å². The van der Waals surface area contributed by atoms with E-state index in [9.17, 15) is 8.42 Å². The Morgan fingerprint density at radius 3 is 2.53 bits per heavy atom. The molecule has 2 heterocycles. The predicted octanol–water partition coefficient (Wildman–Crippen LogP) is -0.414. The van der Waals surface area contributed by atoms with E-state index in [1.54, 1.807) is 4.31 Å². The maximum Gasteiger partial charge on any atom is 0.279 e. The van der Waals surface area contributed by atoms with Crippen LogP contribution in [-0.2, 0) is 10.2 Å². The lowest BCUT2D eigenvalue weighted by Gasteiger charge is -2.34. The highest BCUT2D eigenvalue weighted by Gasteiger charge is 2.30. The number of nitrogens with one attached hydrogen (secondary N) is 1. The van der Waals surface area contributed by atoms with E-state index in [0.29, 0.717) is 25.6 Å². The van der Waals surface area contributed by atoms with Gasteiger partial charge in [-0.05, 0) is 58.3 Å². The van der Waals surface area contributed by atoms with Crippen LogP contribution in [0.4, 0.5) is 0 Å². The standard InChI is InChI=1S/C12H26N4O2S/c1-15-7-4-12(5-8-15)14-19(17,18)16-6-2-3-11(9-13)10-16/h11-12,14H,2-10,13H2,1H3. The molecule has 7 heteroatoms. The lowest BCUT2D eigenvalue weighted by Crippen LogP contribution is -2.51. The molecule has 2 rings (SSSR count). The molecular weight excluding hydrogens is 264 g/mol. The minimum atomic E-state index is -3.33. The minimum absolute atomic E-state index is 0.0828. The molecule has 2 aliphatic rings. The van der Waals surface area contributed by atoms with Crippen LogP contribution >= 0.6 is 0 Å². The van der Waals surface area contributed by atoms with E-state index in [4.69, 9.17) is 5.73 Å². The van der Waals surface area contributed by atoms with Gasteiger partial charge < -0.3 is 10.6 Å². The highest BCUT2D eigenvalue weighted by atomic mass is 32.2. The molecular formula is C12H26N4O2S. The summed E-state index contributed by atoms with van der Waals surface area (Å²) in [5, 5.41) is 0. The molecule has 0 aromatic carbocycles. The second-order valence-electron chi connectivity index (χ2n) is 5.80. The second kappa shape index (κ2) is 6.49. The second-order valence-corrected chi connectivity index (χ2v) is 7.50. The number of hydrogen-bond acceptors (Lipinski definition) is 4. The first-order valence-electron chi connectivity index (χ1n) is 7.17. The Bertz CT molecular complexity index is 379. The van der Waals surface area contributed by atoms with Crippen LogP contribution < -0.4 is 10.5 Å². The average molecular weight is 290 g/mol. The molecule has 2 fully saturated rings. The predicted molar refractivity (Wildman–Crippen MR) is 75.9 cm³/mol. The van der Waals surface area contributed by atoms with Crippen molar-refractivity contribution in [3.05, 3.63) is 0 Å². The van der Waals surface area contributed by atoms with Crippen molar-refractivity contribution in [3.63, 3.8) is 0 Å². The van der Waals surface area contributed by atoms with Crippen LogP contribution in [0.25, 0.3) is 0 Å². The van der Waals surface area contributed by atoms with Crippen molar-refractivity contribution in [2.45, 2.75) is 31.7 Å². The Balaban J connectivity index is 1.90. The molecule has 0 saturated carbocycles. The number of likely N-dealkylation sites (tertiary alicyclic amines) is 1. The van der Waals surface area contributed by atoms with Gasteiger partial charge in [-0.2, -0.15) is 17.4 Å². The third-order valence-electron chi connectivity index (χ3n) is 4.19. The van der Waals surface area contributed by atoms with Gasteiger partial charge in [-0.15, -0.1) is 0 Å². The van der Waals surface area contributed by atoms with Gasteiger partial charge in [0.05, 0.1) is 0 Å². The fourth-order valence-corrected chi connectivity index (χ4v) is 4.43. The van der Waals surface area contributed by atoms with Gasteiger partial charge >= 0.3 is 0 Å². The van der Waals surface area contributed by atoms with E-state index < -0.39 is 10.2 Å². The molecule has 2 aliphatic heterocycles. The first kappa shape index (κ1) is 15.2. The summed E-state index contributed by atoms with van der Waals surface area (Å²) in [5.74, 6) is 0.308. The summed E-state index contributed by atoms with van der Waals surface area (Å²) in [7, 11) is -1.26. The van der Waals surface area contributed by atoms with E-state index in [1.165, 1.54) is 0 Å². The van der Waals surface area contributed by atoms with Crippen LogP contribution in [-0.4, -0.2) is 63.4 Å². The molecule has 0 radical (unpaired) electrons. The van der Waals surface area contributed by atoms with Crippen LogP contribution in [0.5, 0.6) is 0 Å². The highest BCUT2D eigenvalue weighted by molar-refractivity contribution is 7.87. The molecule has 0 amide bonds. The van der Waals surface area contributed by atoms with Crippen LogP contribution in [0.15, 0.2) is 0 Å². The Morgan fingerprint density at radius 2 is 1.89 bits per heavy atom. The number of hydrogen-bond donors (Lipinski definition) is 2. The first-order chi connectivity index (χ1) is 9.01. The number of nitrogens with zero attached hydrogens (tertiary/aromatic N) is 2. The first-order valence-corrected chi connectivity index (χ1v) is 8.61. The number of piperidine rings is 2. The summed E-state index contributed by atoms with van der Waals surface area (Å²) in [6.45, 7) is 3.67. The van der Waals surface area contributed by atoms with Gasteiger partial charge in [0.2, 0.25) is 0 Å². The lowest BCUT2D eigenvalue weighted by atomic mass is 10.0. The fourth-order valence-electron chi connectivity index (χ4n) is 2.85. The molecule has 0 aliphatic carbocycles. The quantitative estimate of drug-likeness (QED) is 0.737. The Morgan fingerprint density at radius 1 is 1.21 bits per heavy atom. The summed E-state index contributed by atoms with van der Waals surface area (Å²) >= 11 is 0. The van der Waals surface area contributed by atoms with E-state index in [1.807, 2.05) is 0 Å². The molecule has 6 nitrogen and oxygen atoms in total. The third kappa shape index (κ3) is 4.13. The molecule has 1 atom stereocenters. The summed E-state index contributed by atoms with van der Waals surface area (Å²) < 4.78 is 29.2. The minimum Gasteiger partial charge on any atom is -0.330 e. The van der Waals surface area contributed by atoms with E-state index >= 15 is 0 Å². The van der Waals surface area contributed by atoms with Crippen molar-refractivity contribution in [1.82, 2.24) is 13.9 Å². The van der Waals surface area contributed by atoms with Crippen LogP contribution in [0.3, 0.4) is 0 Å². The van der Waals surface area contributed by atoms with Gasteiger partial charge in [0.1, 0.15) is 0 Å². The molecule has 1 unspecified atom stereocenters. The molecule has 0 aromatic rings. The van der Waals surface area contributed by atoms with Gasteiger partial charge in [0.15, 0.2) is 0 Å². The smallest absolute Gasteiger partial charge is 0.279 e. The van der Waals surface area contributed by atoms with Crippen molar-refractivity contribution < 1.29 is 8.42 Å². The summed E-state index contributed by atoms with van der Waals surface area (Å²) in [4.78, 5) is 2.23. The fraction of sp³-hybridized carbons (Fsp3) is 1.00. The van der Waals surface area contributed by atoms with Crippen molar-refractivity contribution in [2.24, 2.45) is 11.7 Å². The zero-order valence-electron chi connectivity index (χ0n) is 11.7. The largest absolute Gasteiger partial charge is 0.330 e. The van der Waals surface area contributed by atoms with Crippen molar-refractivity contribution in [2.75, 3.05) is 39.8 Å². The normalized spacial score (nSPS) is 28.6. The Kier molecular flexibility index (Phi) is 5.19. The lowest BCUT2D eigenvalue weighted by molar-refractivity contribution is 0.238. The third-order valence-corrected chi connectivity index (χ3v) is 5.83. The number of nitrogens with two attached hydrogens (primary N) is 1. The Hall–Kier alpha value is -0.210. The van der Waals surface area contributed by atoms with Crippen molar-refractivity contribution in [1.29, 1.82) is 0 Å². The van der Waals surface area contributed by atoms with Gasteiger partial charge in [-0.1, -0.05) is 0 Å². The van der Waals surface area contributed by atoms with Crippen molar-refractivity contribution >= 4 is 10.2 Å². The van der Waals surface area contributed by atoms with Gasteiger partial charge in [-0.3, -0.25) is 0 Å². The zero-order valence-corrected chi connectivity index (χ0v) is 12.5. The molecule has 3 N–H and O–H groups in total. The maximum atomic E-state index is 12.4. The maximum absolute atomic E-state index is 12.4. The van der Waals surface area contributed by atoms with Gasteiger partial charge in [-0.25, -0.2) is 0 Å². The number of rotatable bonds is 4. The zero-order chi connectivity index (χ0) is 13.9. The van der Waals surface area contributed by atoms with E-state index in [-0.39, 0.29) is 6.04 Å². The Labute approximate surface area is 116 Å². The molecule has 0 aromatic heterocycles. The molecule has 2 saturated heterocycles. The van der Waals surface area contributed by atoms with E-state index in [2.05, 4.69) is 16.7 Å². The van der Waals surface area contributed by atoms with Crippen LogP contribution in [0.1, 0.15) is 25.7 Å². The molecule has 0 bridgehead atoms. The topological polar surface area (TPSA) is 78.7 Å². The summed E-state index contributed by atoms with van der Waals surface area (Å²) in [6.07, 6.45) is 3.74. The highest BCUT2D eigenvalue weighted by Crippen LogP contribution is 2.19. The average Bonchev–Trinajstić information content (AvgIpc) is 2.41. The SMILES string of the molecule is CN1CCC(NS(=O)(=O)N2CCCC(CN)C2)CC1. The molecule has 0 spiro atoms. The summed E-state index contributed by atoms with van der Waals surface area (Å²) in [5.41, 5.74) is 5.66. The summed E-state index contributed by atoms with van der Waals surface area (Å²) in [6, 6.07) is 0.0828. The monoisotopic (exact) mass is 290 g/mol. The molecule has 19 heavy (non-hydrogen) atoms. The van der Waals surface area contributed by atoms with Gasteiger partial charge in [0, 0.05) is 19.1 Å². The molecule has 112 valence electrons. The van der Waals surface area contributed by atoms with Crippen LogP contribution in [0.2, 0.25) is 0 Å². The van der Waals surface area contributed by atoms with Crippen LogP contribution in [0, 0.1) is 5.92 Å².